The second kappa shape index (κ2) is 7.42. The smallest absolute Gasteiger partial charge is 0.246 e. The van der Waals surface area contributed by atoms with Gasteiger partial charge in [-0.25, -0.2) is 0 Å². The van der Waals surface area contributed by atoms with E-state index in [4.69, 9.17) is 0 Å². The SMILES string of the molecule is O=C(/C=C/c1ccc(Br)cc1)N1CCCC1CN1CCCC1. The number of likely N-dealkylation sites (tertiary alicyclic amines) is 2. The summed E-state index contributed by atoms with van der Waals surface area (Å²) < 4.78 is 1.06. The number of nitrogens with zero attached hydrogens (tertiary/aromatic N) is 2. The molecule has 1 unspecified atom stereocenters. The molecule has 3 rings (SSSR count). The van der Waals surface area contributed by atoms with Gasteiger partial charge in [-0.2, -0.15) is 0 Å². The van der Waals surface area contributed by atoms with Crippen molar-refractivity contribution in [2.75, 3.05) is 26.2 Å². The number of hydrogen-bond donors (Lipinski definition) is 0. The number of halogens is 1. The van der Waals surface area contributed by atoms with E-state index in [1.54, 1.807) is 6.08 Å². The molecule has 0 spiro atoms. The molecule has 0 N–H and O–H groups in total. The summed E-state index contributed by atoms with van der Waals surface area (Å²) in [6.45, 7) is 4.36. The zero-order valence-corrected chi connectivity index (χ0v) is 14.5. The second-order valence-corrected chi connectivity index (χ2v) is 7.14. The van der Waals surface area contributed by atoms with Gasteiger partial charge in [-0.1, -0.05) is 28.1 Å². The Morgan fingerprint density at radius 3 is 2.59 bits per heavy atom. The minimum atomic E-state index is 0.157. The van der Waals surface area contributed by atoms with Crippen molar-refractivity contribution in [1.29, 1.82) is 0 Å². The summed E-state index contributed by atoms with van der Waals surface area (Å²) in [5.41, 5.74) is 1.06. The summed E-state index contributed by atoms with van der Waals surface area (Å²) >= 11 is 3.42. The van der Waals surface area contributed by atoms with Crippen LogP contribution in [0.25, 0.3) is 6.08 Å². The Morgan fingerprint density at radius 2 is 1.86 bits per heavy atom. The molecule has 1 aromatic rings. The molecule has 2 aliphatic heterocycles. The Labute approximate surface area is 141 Å². The molecule has 0 radical (unpaired) electrons. The number of benzene rings is 1. The molecule has 1 amide bonds. The topological polar surface area (TPSA) is 23.6 Å². The van der Waals surface area contributed by atoms with Crippen LogP contribution in [-0.4, -0.2) is 47.9 Å². The van der Waals surface area contributed by atoms with E-state index in [9.17, 15) is 4.79 Å². The first-order chi connectivity index (χ1) is 10.7. The van der Waals surface area contributed by atoms with Crippen LogP contribution in [0.1, 0.15) is 31.2 Å². The molecule has 118 valence electrons. The van der Waals surface area contributed by atoms with E-state index in [-0.39, 0.29) is 5.91 Å². The van der Waals surface area contributed by atoms with Crippen molar-refractivity contribution in [3.8, 4) is 0 Å². The van der Waals surface area contributed by atoms with Crippen LogP contribution < -0.4 is 0 Å². The Kier molecular flexibility index (Phi) is 5.32. The molecule has 0 bridgehead atoms. The first kappa shape index (κ1) is 15.8. The van der Waals surface area contributed by atoms with Crippen molar-refractivity contribution in [3.63, 3.8) is 0 Å². The number of hydrogen-bond acceptors (Lipinski definition) is 2. The Bertz CT molecular complexity index is 535. The third kappa shape index (κ3) is 3.99. The van der Waals surface area contributed by atoms with E-state index in [1.165, 1.54) is 25.9 Å². The van der Waals surface area contributed by atoms with Crippen molar-refractivity contribution in [3.05, 3.63) is 40.4 Å². The zero-order chi connectivity index (χ0) is 15.4. The monoisotopic (exact) mass is 362 g/mol. The van der Waals surface area contributed by atoms with Gasteiger partial charge in [0.25, 0.3) is 0 Å². The fraction of sp³-hybridized carbons (Fsp3) is 0.500. The van der Waals surface area contributed by atoms with Crippen LogP contribution in [0.2, 0.25) is 0 Å². The molecule has 1 atom stereocenters. The van der Waals surface area contributed by atoms with Gasteiger partial charge in [-0.3, -0.25) is 4.79 Å². The average molecular weight is 363 g/mol. The van der Waals surface area contributed by atoms with Crippen LogP contribution in [-0.2, 0) is 4.79 Å². The first-order valence-electron chi connectivity index (χ1n) is 8.19. The molecule has 0 aromatic heterocycles. The minimum Gasteiger partial charge on any atom is -0.335 e. The van der Waals surface area contributed by atoms with Gasteiger partial charge in [-0.05, 0) is 62.5 Å². The van der Waals surface area contributed by atoms with Gasteiger partial charge in [0.15, 0.2) is 0 Å². The van der Waals surface area contributed by atoms with E-state index in [0.717, 1.165) is 36.0 Å². The minimum absolute atomic E-state index is 0.157. The molecule has 4 heteroatoms. The van der Waals surface area contributed by atoms with Crippen LogP contribution in [0, 0.1) is 0 Å². The maximum absolute atomic E-state index is 12.5. The second-order valence-electron chi connectivity index (χ2n) is 6.22. The molecular weight excluding hydrogens is 340 g/mol. The van der Waals surface area contributed by atoms with E-state index in [1.807, 2.05) is 30.3 Å². The maximum Gasteiger partial charge on any atom is 0.246 e. The highest BCUT2D eigenvalue weighted by atomic mass is 79.9. The number of rotatable bonds is 4. The molecule has 22 heavy (non-hydrogen) atoms. The van der Waals surface area contributed by atoms with Crippen molar-refractivity contribution in [2.24, 2.45) is 0 Å². The van der Waals surface area contributed by atoms with E-state index >= 15 is 0 Å². The largest absolute Gasteiger partial charge is 0.335 e. The van der Waals surface area contributed by atoms with Gasteiger partial charge in [0.1, 0.15) is 0 Å². The van der Waals surface area contributed by atoms with Crippen molar-refractivity contribution in [1.82, 2.24) is 9.80 Å². The fourth-order valence-corrected chi connectivity index (χ4v) is 3.68. The molecule has 2 aliphatic rings. The first-order valence-corrected chi connectivity index (χ1v) is 8.98. The summed E-state index contributed by atoms with van der Waals surface area (Å²) in [5, 5.41) is 0. The third-order valence-electron chi connectivity index (χ3n) is 4.62. The molecular formula is C18H23BrN2O. The van der Waals surface area contributed by atoms with Crippen LogP contribution in [0.15, 0.2) is 34.8 Å². The van der Waals surface area contributed by atoms with E-state index in [2.05, 4.69) is 25.7 Å². The summed E-state index contributed by atoms with van der Waals surface area (Å²) in [7, 11) is 0. The molecule has 2 fully saturated rings. The summed E-state index contributed by atoms with van der Waals surface area (Å²) in [4.78, 5) is 17.1. The summed E-state index contributed by atoms with van der Waals surface area (Å²) in [5.74, 6) is 0.157. The van der Waals surface area contributed by atoms with Crippen molar-refractivity contribution < 1.29 is 4.79 Å². The van der Waals surface area contributed by atoms with E-state index < -0.39 is 0 Å². The van der Waals surface area contributed by atoms with Crippen molar-refractivity contribution >= 4 is 27.9 Å². The Balaban J connectivity index is 1.59. The zero-order valence-electron chi connectivity index (χ0n) is 12.9. The molecule has 0 saturated carbocycles. The van der Waals surface area contributed by atoms with Gasteiger partial charge >= 0.3 is 0 Å². The number of amides is 1. The predicted molar refractivity (Wildman–Crippen MR) is 93.6 cm³/mol. The van der Waals surface area contributed by atoms with Gasteiger partial charge in [0.2, 0.25) is 5.91 Å². The standard InChI is InChI=1S/C18H23BrN2O/c19-16-8-5-15(6-9-16)7-10-18(22)21-13-3-4-17(21)14-20-11-1-2-12-20/h5-10,17H,1-4,11-14H2/b10-7+. The predicted octanol–water partition coefficient (Wildman–Crippen LogP) is 3.55. The van der Waals surface area contributed by atoms with Gasteiger partial charge < -0.3 is 9.80 Å². The lowest BCUT2D eigenvalue weighted by molar-refractivity contribution is -0.127. The van der Waals surface area contributed by atoms with Crippen molar-refractivity contribution in [2.45, 2.75) is 31.7 Å². The number of carbonyl (C=O) groups excluding carboxylic acids is 1. The van der Waals surface area contributed by atoms with Crippen LogP contribution >= 0.6 is 15.9 Å². The van der Waals surface area contributed by atoms with Gasteiger partial charge in [0, 0.05) is 29.7 Å². The quantitative estimate of drug-likeness (QED) is 0.764. The maximum atomic E-state index is 12.5. The highest BCUT2D eigenvalue weighted by molar-refractivity contribution is 9.10. The van der Waals surface area contributed by atoms with Gasteiger partial charge in [0.05, 0.1) is 0 Å². The van der Waals surface area contributed by atoms with E-state index in [0.29, 0.717) is 6.04 Å². The normalized spacial score (nSPS) is 22.8. The molecule has 2 heterocycles. The Morgan fingerprint density at radius 1 is 1.14 bits per heavy atom. The third-order valence-corrected chi connectivity index (χ3v) is 5.14. The van der Waals surface area contributed by atoms with Gasteiger partial charge in [-0.15, -0.1) is 0 Å². The molecule has 3 nitrogen and oxygen atoms in total. The fourth-order valence-electron chi connectivity index (χ4n) is 3.42. The van der Waals surface area contributed by atoms with Crippen LogP contribution in [0.3, 0.4) is 0 Å². The molecule has 1 aromatic carbocycles. The highest BCUT2D eigenvalue weighted by Crippen LogP contribution is 2.21. The molecule has 0 aliphatic carbocycles. The lowest BCUT2D eigenvalue weighted by Gasteiger charge is -2.27. The van der Waals surface area contributed by atoms with Crippen LogP contribution in [0.4, 0.5) is 0 Å². The summed E-state index contributed by atoms with van der Waals surface area (Å²) in [6, 6.07) is 8.42. The Hall–Kier alpha value is -1.13. The summed E-state index contributed by atoms with van der Waals surface area (Å²) in [6.07, 6.45) is 8.55. The lowest BCUT2D eigenvalue weighted by atomic mass is 10.2. The average Bonchev–Trinajstić information content (AvgIpc) is 3.19. The van der Waals surface area contributed by atoms with Crippen LogP contribution in [0.5, 0.6) is 0 Å². The number of carbonyl (C=O) groups is 1. The highest BCUT2D eigenvalue weighted by Gasteiger charge is 2.29. The lowest BCUT2D eigenvalue weighted by Crippen LogP contribution is -2.41. The molecule has 2 saturated heterocycles.